The first-order valence-corrected chi connectivity index (χ1v) is 4.07. The Morgan fingerprint density at radius 1 is 1.50 bits per heavy atom. The average Bonchev–Trinajstić information content (AvgIpc) is 2.18. The number of benzene rings is 1. The van der Waals surface area contributed by atoms with Crippen LogP contribution in [0.2, 0.25) is 0 Å². The predicted molar refractivity (Wildman–Crippen MR) is 52.0 cm³/mol. The van der Waals surface area contributed by atoms with Gasteiger partial charge in [-0.25, -0.2) is 4.79 Å². The van der Waals surface area contributed by atoms with Gasteiger partial charge in [-0.1, -0.05) is 24.1 Å². The molecule has 72 valence electrons. The van der Waals surface area contributed by atoms with Gasteiger partial charge < -0.3 is 9.47 Å². The van der Waals surface area contributed by atoms with Gasteiger partial charge in [-0.3, -0.25) is 0 Å². The van der Waals surface area contributed by atoms with Crippen molar-refractivity contribution in [1.29, 1.82) is 0 Å². The number of carbonyl (C=O) groups is 1. The summed E-state index contributed by atoms with van der Waals surface area (Å²) in [6.45, 7) is 1.76. The Bertz CT molecular complexity index is 363. The summed E-state index contributed by atoms with van der Waals surface area (Å²) in [5, 5.41) is 0. The summed E-state index contributed by atoms with van der Waals surface area (Å²) >= 11 is 0. The van der Waals surface area contributed by atoms with E-state index in [1.165, 1.54) is 0 Å². The molecule has 0 saturated heterocycles. The smallest absolute Gasteiger partial charge is 0.421 e. The van der Waals surface area contributed by atoms with Gasteiger partial charge in [-0.2, -0.15) is 0 Å². The van der Waals surface area contributed by atoms with Gasteiger partial charge in [0, 0.05) is 0 Å². The molecule has 0 amide bonds. The zero-order chi connectivity index (χ0) is 10.4. The molecule has 0 atom stereocenters. The van der Waals surface area contributed by atoms with E-state index in [0.717, 1.165) is 5.56 Å². The minimum atomic E-state index is -0.780. The van der Waals surface area contributed by atoms with E-state index in [-0.39, 0.29) is 6.61 Å². The molecule has 0 saturated carbocycles. The van der Waals surface area contributed by atoms with Crippen LogP contribution in [-0.2, 0) is 4.74 Å². The van der Waals surface area contributed by atoms with Gasteiger partial charge in [0.1, 0.15) is 5.75 Å². The van der Waals surface area contributed by atoms with Gasteiger partial charge in [-0.15, -0.1) is 6.42 Å². The lowest BCUT2D eigenvalue weighted by molar-refractivity contribution is 0.111. The van der Waals surface area contributed by atoms with E-state index in [0.29, 0.717) is 5.75 Å². The molecule has 0 bridgehead atoms. The van der Waals surface area contributed by atoms with E-state index in [1.807, 2.05) is 19.1 Å². The Morgan fingerprint density at radius 3 is 2.86 bits per heavy atom. The van der Waals surface area contributed by atoms with E-state index in [4.69, 9.17) is 11.2 Å². The van der Waals surface area contributed by atoms with Crippen molar-refractivity contribution in [1.82, 2.24) is 0 Å². The highest BCUT2D eigenvalue weighted by atomic mass is 16.7. The third-order valence-corrected chi connectivity index (χ3v) is 1.56. The van der Waals surface area contributed by atoms with Crippen LogP contribution in [0.1, 0.15) is 5.56 Å². The number of carbonyl (C=O) groups excluding carboxylic acids is 1. The fourth-order valence-electron chi connectivity index (χ4n) is 0.891. The molecular formula is C11H10O3. The molecule has 1 aromatic rings. The molecule has 0 aliphatic heterocycles. The maximum atomic E-state index is 11.0. The van der Waals surface area contributed by atoms with E-state index in [2.05, 4.69) is 10.7 Å². The van der Waals surface area contributed by atoms with Gasteiger partial charge >= 0.3 is 6.16 Å². The summed E-state index contributed by atoms with van der Waals surface area (Å²) in [5.74, 6) is 2.66. The second-order valence-corrected chi connectivity index (χ2v) is 2.61. The van der Waals surface area contributed by atoms with Crippen molar-refractivity contribution in [3.63, 3.8) is 0 Å². The van der Waals surface area contributed by atoms with Crippen LogP contribution >= 0.6 is 0 Å². The van der Waals surface area contributed by atoms with Crippen LogP contribution in [0.4, 0.5) is 4.79 Å². The maximum Gasteiger partial charge on any atom is 0.514 e. The number of terminal acetylenes is 1. The van der Waals surface area contributed by atoms with E-state index >= 15 is 0 Å². The van der Waals surface area contributed by atoms with Crippen molar-refractivity contribution in [3.05, 3.63) is 29.8 Å². The first-order chi connectivity index (χ1) is 6.74. The SMILES string of the molecule is C#CCOC(=O)Oc1ccccc1C. The van der Waals surface area contributed by atoms with Crippen molar-refractivity contribution < 1.29 is 14.3 Å². The molecule has 3 nitrogen and oxygen atoms in total. The second-order valence-electron chi connectivity index (χ2n) is 2.61. The fourth-order valence-corrected chi connectivity index (χ4v) is 0.891. The van der Waals surface area contributed by atoms with Crippen molar-refractivity contribution in [2.45, 2.75) is 6.92 Å². The van der Waals surface area contributed by atoms with E-state index in [9.17, 15) is 4.79 Å². The minimum Gasteiger partial charge on any atom is -0.421 e. The average molecular weight is 190 g/mol. The summed E-state index contributed by atoms with van der Waals surface area (Å²) < 4.78 is 9.44. The van der Waals surface area contributed by atoms with E-state index < -0.39 is 6.16 Å². The molecule has 3 heteroatoms. The molecule has 0 fully saturated rings. The largest absolute Gasteiger partial charge is 0.514 e. The van der Waals surface area contributed by atoms with E-state index in [1.54, 1.807) is 12.1 Å². The summed E-state index contributed by atoms with van der Waals surface area (Å²) in [4.78, 5) is 11.0. The third-order valence-electron chi connectivity index (χ3n) is 1.56. The highest BCUT2D eigenvalue weighted by molar-refractivity contribution is 5.64. The summed E-state index contributed by atoms with van der Waals surface area (Å²) in [6.07, 6.45) is 4.14. The van der Waals surface area contributed by atoms with Gasteiger partial charge in [-0.05, 0) is 18.6 Å². The standard InChI is InChI=1S/C11H10O3/c1-3-8-13-11(12)14-10-7-5-4-6-9(10)2/h1,4-7H,8H2,2H3. The number of rotatable bonds is 2. The predicted octanol–water partition coefficient (Wildman–Crippen LogP) is 2.14. The highest BCUT2D eigenvalue weighted by Gasteiger charge is 2.06. The topological polar surface area (TPSA) is 35.5 Å². The van der Waals surface area contributed by atoms with Crippen molar-refractivity contribution >= 4 is 6.16 Å². The number of hydrogen-bond donors (Lipinski definition) is 0. The lowest BCUT2D eigenvalue weighted by Crippen LogP contribution is -2.11. The molecule has 1 rings (SSSR count). The van der Waals surface area contributed by atoms with Gasteiger partial charge in [0.15, 0.2) is 6.61 Å². The third kappa shape index (κ3) is 2.83. The quantitative estimate of drug-likeness (QED) is 0.407. The Morgan fingerprint density at radius 2 is 2.21 bits per heavy atom. The Labute approximate surface area is 82.6 Å². The molecule has 14 heavy (non-hydrogen) atoms. The molecule has 0 radical (unpaired) electrons. The van der Waals surface area contributed by atoms with Crippen molar-refractivity contribution in [3.8, 4) is 18.1 Å². The summed E-state index contributed by atoms with van der Waals surface area (Å²) in [7, 11) is 0. The van der Waals surface area contributed by atoms with Crippen LogP contribution in [0.5, 0.6) is 5.75 Å². The normalized spacial score (nSPS) is 8.86. The fraction of sp³-hybridized carbons (Fsp3) is 0.182. The van der Waals surface area contributed by atoms with Crippen molar-refractivity contribution in [2.24, 2.45) is 0 Å². The molecule has 1 aromatic carbocycles. The molecular weight excluding hydrogens is 180 g/mol. The Kier molecular flexibility index (Phi) is 3.57. The highest BCUT2D eigenvalue weighted by Crippen LogP contribution is 2.16. The van der Waals surface area contributed by atoms with Crippen LogP contribution in [0, 0.1) is 19.3 Å². The number of hydrogen-bond acceptors (Lipinski definition) is 3. The molecule has 0 aliphatic rings. The van der Waals surface area contributed by atoms with Crippen molar-refractivity contribution in [2.75, 3.05) is 6.61 Å². The lowest BCUT2D eigenvalue weighted by Gasteiger charge is -2.05. The van der Waals surface area contributed by atoms with Crippen LogP contribution in [0.25, 0.3) is 0 Å². The van der Waals surface area contributed by atoms with Crippen LogP contribution in [0.15, 0.2) is 24.3 Å². The summed E-state index contributed by atoms with van der Waals surface area (Å²) in [5.41, 5.74) is 0.866. The number of ether oxygens (including phenoxy) is 2. The first kappa shape index (κ1) is 10.1. The lowest BCUT2D eigenvalue weighted by atomic mass is 10.2. The van der Waals surface area contributed by atoms with Gasteiger partial charge in [0.2, 0.25) is 0 Å². The molecule has 0 heterocycles. The monoisotopic (exact) mass is 190 g/mol. The Balaban J connectivity index is 2.57. The number of para-hydroxylation sites is 1. The van der Waals surface area contributed by atoms with Crippen LogP contribution < -0.4 is 4.74 Å². The minimum absolute atomic E-state index is 0.0787. The molecule has 0 N–H and O–H groups in total. The van der Waals surface area contributed by atoms with Crippen LogP contribution in [0.3, 0.4) is 0 Å². The first-order valence-electron chi connectivity index (χ1n) is 4.07. The molecule has 0 spiro atoms. The molecule has 0 aliphatic carbocycles. The van der Waals surface area contributed by atoms with Gasteiger partial charge in [0.05, 0.1) is 0 Å². The zero-order valence-electron chi connectivity index (χ0n) is 7.82. The molecule has 0 aromatic heterocycles. The summed E-state index contributed by atoms with van der Waals surface area (Å²) in [6, 6.07) is 7.15. The van der Waals surface area contributed by atoms with Crippen LogP contribution in [-0.4, -0.2) is 12.8 Å². The maximum absolute atomic E-state index is 11.0. The molecule has 0 unspecified atom stereocenters. The Hall–Kier alpha value is -1.95. The second kappa shape index (κ2) is 4.93. The number of aryl methyl sites for hydroxylation is 1. The van der Waals surface area contributed by atoms with Gasteiger partial charge in [0.25, 0.3) is 0 Å². The zero-order valence-corrected chi connectivity index (χ0v) is 7.82.